The lowest BCUT2D eigenvalue weighted by Crippen LogP contribution is -2.40. The molecule has 1 aromatic rings. The van der Waals surface area contributed by atoms with Gasteiger partial charge in [0.05, 0.1) is 12.0 Å². The minimum absolute atomic E-state index is 0.0644. The van der Waals surface area contributed by atoms with Gasteiger partial charge in [0.2, 0.25) is 5.95 Å². The third-order valence-corrected chi connectivity index (χ3v) is 4.05. The highest BCUT2D eigenvalue weighted by atomic mass is 19.1. The summed E-state index contributed by atoms with van der Waals surface area (Å²) in [5.74, 6) is -1.83. The zero-order valence-corrected chi connectivity index (χ0v) is 11.8. The number of hydrogen-bond donors (Lipinski definition) is 2. The highest BCUT2D eigenvalue weighted by molar-refractivity contribution is 5.93. The first-order valence-electron chi connectivity index (χ1n) is 7.12. The van der Waals surface area contributed by atoms with Crippen molar-refractivity contribution in [2.45, 2.75) is 38.5 Å². The molecule has 0 radical (unpaired) electrons. The van der Waals surface area contributed by atoms with Crippen LogP contribution in [-0.2, 0) is 4.79 Å². The molecule has 0 unspecified atom stereocenters. The van der Waals surface area contributed by atoms with E-state index in [-0.39, 0.29) is 23.3 Å². The minimum atomic E-state index is -0.838. The van der Waals surface area contributed by atoms with Gasteiger partial charge in [0.15, 0.2) is 0 Å². The van der Waals surface area contributed by atoms with Crippen LogP contribution in [0.4, 0.5) is 4.39 Å². The van der Waals surface area contributed by atoms with Crippen LogP contribution in [0.15, 0.2) is 18.3 Å². The second-order valence-corrected chi connectivity index (χ2v) is 5.68. The average molecular weight is 294 g/mol. The highest BCUT2D eigenvalue weighted by Crippen LogP contribution is 2.38. The fourth-order valence-corrected chi connectivity index (χ4v) is 2.92. The van der Waals surface area contributed by atoms with Crippen LogP contribution in [0.2, 0.25) is 0 Å². The molecule has 5 nitrogen and oxygen atoms in total. The first-order valence-corrected chi connectivity index (χ1v) is 7.12. The van der Waals surface area contributed by atoms with Crippen LogP contribution in [-0.4, -0.2) is 28.5 Å². The lowest BCUT2D eigenvalue weighted by Gasteiger charge is -2.36. The second kappa shape index (κ2) is 6.65. The van der Waals surface area contributed by atoms with Crippen molar-refractivity contribution in [3.63, 3.8) is 0 Å². The normalized spacial score (nSPS) is 17.2. The van der Waals surface area contributed by atoms with E-state index in [0.717, 1.165) is 38.2 Å². The molecule has 6 heteroatoms. The molecule has 0 saturated heterocycles. The van der Waals surface area contributed by atoms with E-state index >= 15 is 0 Å². The van der Waals surface area contributed by atoms with E-state index in [1.807, 2.05) is 0 Å². The van der Waals surface area contributed by atoms with Crippen molar-refractivity contribution in [2.24, 2.45) is 5.41 Å². The zero-order valence-electron chi connectivity index (χ0n) is 11.8. The van der Waals surface area contributed by atoms with Gasteiger partial charge >= 0.3 is 5.97 Å². The summed E-state index contributed by atoms with van der Waals surface area (Å²) < 4.78 is 12.7. The second-order valence-electron chi connectivity index (χ2n) is 5.68. The number of carbonyl (C=O) groups is 2. The van der Waals surface area contributed by atoms with Gasteiger partial charge in [-0.25, -0.2) is 4.98 Å². The van der Waals surface area contributed by atoms with Gasteiger partial charge in [-0.1, -0.05) is 19.3 Å². The van der Waals surface area contributed by atoms with Crippen molar-refractivity contribution in [3.05, 3.63) is 29.8 Å². The largest absolute Gasteiger partial charge is 0.481 e. The third-order valence-electron chi connectivity index (χ3n) is 4.05. The SMILES string of the molecule is O=C(O)CC1(CNC(=O)c2ccc(F)nc2)CCCCC1. The first-order chi connectivity index (χ1) is 10.0. The Morgan fingerprint density at radius 2 is 2.00 bits per heavy atom. The Labute approximate surface area is 122 Å². The number of amides is 1. The minimum Gasteiger partial charge on any atom is -0.481 e. The molecular weight excluding hydrogens is 275 g/mol. The molecule has 0 spiro atoms. The molecule has 1 aliphatic rings. The van der Waals surface area contributed by atoms with E-state index in [4.69, 9.17) is 5.11 Å². The number of carboxylic acid groups (broad SMARTS) is 1. The number of carboxylic acids is 1. The van der Waals surface area contributed by atoms with Crippen molar-refractivity contribution in [3.8, 4) is 0 Å². The Balaban J connectivity index is 1.99. The van der Waals surface area contributed by atoms with E-state index in [2.05, 4.69) is 10.3 Å². The third kappa shape index (κ3) is 4.24. The molecule has 1 aliphatic carbocycles. The number of aliphatic carboxylic acids is 1. The number of halogens is 1. The summed E-state index contributed by atoms with van der Waals surface area (Å²) in [5.41, 5.74) is -0.0922. The molecule has 1 fully saturated rings. The summed E-state index contributed by atoms with van der Waals surface area (Å²) in [7, 11) is 0. The van der Waals surface area contributed by atoms with Gasteiger partial charge < -0.3 is 10.4 Å². The number of carbonyl (C=O) groups excluding carboxylic acids is 1. The van der Waals surface area contributed by atoms with Crippen molar-refractivity contribution < 1.29 is 19.1 Å². The van der Waals surface area contributed by atoms with E-state index < -0.39 is 11.9 Å². The lowest BCUT2D eigenvalue weighted by molar-refractivity contribution is -0.140. The monoisotopic (exact) mass is 294 g/mol. The molecule has 0 atom stereocenters. The molecule has 2 rings (SSSR count). The van der Waals surface area contributed by atoms with Crippen molar-refractivity contribution in [2.75, 3.05) is 6.54 Å². The topological polar surface area (TPSA) is 79.3 Å². The van der Waals surface area contributed by atoms with Crippen LogP contribution in [0.5, 0.6) is 0 Å². The van der Waals surface area contributed by atoms with E-state index in [1.54, 1.807) is 0 Å². The molecule has 2 N–H and O–H groups in total. The van der Waals surface area contributed by atoms with Crippen LogP contribution in [0.25, 0.3) is 0 Å². The molecule has 1 aromatic heterocycles. The molecule has 0 aromatic carbocycles. The van der Waals surface area contributed by atoms with E-state index in [1.165, 1.54) is 12.3 Å². The number of hydrogen-bond acceptors (Lipinski definition) is 3. The summed E-state index contributed by atoms with van der Waals surface area (Å²) >= 11 is 0. The van der Waals surface area contributed by atoms with Gasteiger partial charge in [-0.15, -0.1) is 0 Å². The number of rotatable bonds is 5. The smallest absolute Gasteiger partial charge is 0.303 e. The predicted molar refractivity (Wildman–Crippen MR) is 74.3 cm³/mol. The molecule has 1 amide bonds. The Kier molecular flexibility index (Phi) is 4.88. The maximum Gasteiger partial charge on any atom is 0.303 e. The number of nitrogens with zero attached hydrogens (tertiary/aromatic N) is 1. The van der Waals surface area contributed by atoms with Crippen LogP contribution in [0, 0.1) is 11.4 Å². The quantitative estimate of drug-likeness (QED) is 0.817. The van der Waals surface area contributed by atoms with E-state index in [0.29, 0.717) is 6.54 Å². The maximum atomic E-state index is 12.7. The van der Waals surface area contributed by atoms with Crippen molar-refractivity contribution in [1.29, 1.82) is 0 Å². The van der Waals surface area contributed by atoms with Gasteiger partial charge in [-0.05, 0) is 30.4 Å². The average Bonchev–Trinajstić information content (AvgIpc) is 2.46. The van der Waals surface area contributed by atoms with E-state index in [9.17, 15) is 14.0 Å². The van der Waals surface area contributed by atoms with Gasteiger partial charge in [-0.3, -0.25) is 9.59 Å². The number of aromatic nitrogens is 1. The summed E-state index contributed by atoms with van der Waals surface area (Å²) in [5, 5.41) is 11.8. The Bertz CT molecular complexity index is 510. The Morgan fingerprint density at radius 1 is 1.29 bits per heavy atom. The molecule has 1 saturated carbocycles. The van der Waals surface area contributed by atoms with Crippen LogP contribution in [0.1, 0.15) is 48.9 Å². The van der Waals surface area contributed by atoms with Crippen LogP contribution in [0.3, 0.4) is 0 Å². The Hall–Kier alpha value is -1.98. The molecule has 1 heterocycles. The maximum absolute atomic E-state index is 12.7. The fraction of sp³-hybridized carbons (Fsp3) is 0.533. The summed E-state index contributed by atoms with van der Waals surface area (Å²) in [4.78, 5) is 26.5. The predicted octanol–water partition coefficient (Wildman–Crippen LogP) is 2.38. The van der Waals surface area contributed by atoms with Crippen LogP contribution < -0.4 is 5.32 Å². The van der Waals surface area contributed by atoms with Crippen molar-refractivity contribution in [1.82, 2.24) is 10.3 Å². The molecule has 0 aliphatic heterocycles. The zero-order chi connectivity index (χ0) is 15.3. The fourth-order valence-electron chi connectivity index (χ4n) is 2.92. The van der Waals surface area contributed by atoms with Crippen molar-refractivity contribution >= 4 is 11.9 Å². The first kappa shape index (κ1) is 15.4. The number of pyridine rings is 1. The van der Waals surface area contributed by atoms with Gasteiger partial charge in [0, 0.05) is 12.7 Å². The number of nitrogens with one attached hydrogen (secondary N) is 1. The van der Waals surface area contributed by atoms with Gasteiger partial charge in [-0.2, -0.15) is 4.39 Å². The summed E-state index contributed by atoms with van der Waals surface area (Å²) in [6, 6.07) is 2.49. The highest BCUT2D eigenvalue weighted by Gasteiger charge is 2.34. The summed E-state index contributed by atoms with van der Waals surface area (Å²) in [6.07, 6.45) is 5.94. The summed E-state index contributed by atoms with van der Waals surface area (Å²) in [6.45, 7) is 0.329. The molecule has 21 heavy (non-hydrogen) atoms. The van der Waals surface area contributed by atoms with Gasteiger partial charge in [0.1, 0.15) is 0 Å². The molecular formula is C15H19FN2O3. The molecule has 114 valence electrons. The standard InChI is InChI=1S/C15H19FN2O3/c16-12-5-4-11(9-17-12)14(21)18-10-15(8-13(19)20)6-2-1-3-7-15/h4-5,9H,1-3,6-8,10H2,(H,18,21)(H,19,20). The van der Waals surface area contributed by atoms with Crippen LogP contribution >= 0.6 is 0 Å². The van der Waals surface area contributed by atoms with Gasteiger partial charge in [0.25, 0.3) is 5.91 Å². The molecule has 0 bridgehead atoms. The Morgan fingerprint density at radius 3 is 2.57 bits per heavy atom. The lowest BCUT2D eigenvalue weighted by atomic mass is 9.71.